The summed E-state index contributed by atoms with van der Waals surface area (Å²) in [6, 6.07) is 1.84. The minimum absolute atomic E-state index is 0.0990. The van der Waals surface area contributed by atoms with Crippen LogP contribution in [-0.4, -0.2) is 16.5 Å². The summed E-state index contributed by atoms with van der Waals surface area (Å²) in [5.41, 5.74) is 0.854. The quantitative estimate of drug-likeness (QED) is 0.726. The Morgan fingerprint density at radius 3 is 2.48 bits per heavy atom. The van der Waals surface area contributed by atoms with Crippen molar-refractivity contribution in [2.45, 2.75) is 39.5 Å². The second-order valence-corrected chi connectivity index (χ2v) is 7.48. The maximum absolute atomic E-state index is 5.50. The molecule has 2 heterocycles. The van der Waals surface area contributed by atoms with Crippen molar-refractivity contribution < 1.29 is 4.42 Å². The van der Waals surface area contributed by atoms with Crippen LogP contribution < -0.4 is 5.32 Å². The van der Waals surface area contributed by atoms with Gasteiger partial charge in [-0.3, -0.25) is 0 Å². The highest BCUT2D eigenvalue weighted by Gasteiger charge is 2.24. The Hall–Kier alpha value is -0.880. The number of hydrogen-bond donors (Lipinski definition) is 1. The normalized spacial score (nSPS) is 11.7. The maximum atomic E-state index is 5.50. The number of aromatic nitrogens is 2. The van der Waals surface area contributed by atoms with Gasteiger partial charge >= 0.3 is 0 Å². The Balaban J connectivity index is 2.59. The molecule has 6 heteroatoms. The molecule has 1 N–H and O–H groups in total. The minimum atomic E-state index is -0.0990. The summed E-state index contributed by atoms with van der Waals surface area (Å²) < 4.78 is 7.27. The van der Waals surface area contributed by atoms with E-state index in [1.807, 2.05) is 6.07 Å². The summed E-state index contributed by atoms with van der Waals surface area (Å²) in [5.74, 6) is 2.03. The van der Waals surface area contributed by atoms with E-state index in [-0.39, 0.29) is 5.41 Å². The predicted molar refractivity (Wildman–Crippen MR) is 92.6 cm³/mol. The molecule has 0 unspecified atom stereocenters. The van der Waals surface area contributed by atoms with Gasteiger partial charge in [0.15, 0.2) is 11.6 Å². The zero-order valence-corrected chi connectivity index (χ0v) is 15.8. The first-order chi connectivity index (χ1) is 9.84. The SMILES string of the molecule is CCCNc1nc(-c2occc2Br)nc(C(C)(C)C)c1Br. The monoisotopic (exact) mass is 415 g/mol. The fraction of sp³-hybridized carbons (Fsp3) is 0.467. The van der Waals surface area contributed by atoms with E-state index in [1.54, 1.807) is 6.26 Å². The van der Waals surface area contributed by atoms with Crippen molar-refractivity contribution >= 4 is 37.7 Å². The molecule has 2 aromatic rings. The minimum Gasteiger partial charge on any atom is -0.460 e. The molecule has 0 aliphatic carbocycles. The molecule has 0 aromatic carbocycles. The number of nitrogens with zero attached hydrogens (tertiary/aromatic N) is 2. The van der Waals surface area contributed by atoms with Crippen LogP contribution in [0.5, 0.6) is 0 Å². The summed E-state index contributed by atoms with van der Waals surface area (Å²) in [4.78, 5) is 9.29. The van der Waals surface area contributed by atoms with E-state index in [2.05, 4.69) is 69.9 Å². The first-order valence-electron chi connectivity index (χ1n) is 6.89. The van der Waals surface area contributed by atoms with Gasteiger partial charge in [0.1, 0.15) is 5.82 Å². The molecule has 0 amide bonds. The van der Waals surface area contributed by atoms with Gasteiger partial charge in [-0.1, -0.05) is 27.7 Å². The lowest BCUT2D eigenvalue weighted by Crippen LogP contribution is -2.17. The molecule has 0 bridgehead atoms. The predicted octanol–water partition coefficient (Wildman–Crippen LogP) is 5.38. The van der Waals surface area contributed by atoms with Gasteiger partial charge in [0, 0.05) is 12.0 Å². The fourth-order valence-electron chi connectivity index (χ4n) is 1.86. The molecular weight excluding hydrogens is 398 g/mol. The summed E-state index contributed by atoms with van der Waals surface area (Å²) in [7, 11) is 0. The summed E-state index contributed by atoms with van der Waals surface area (Å²) in [5, 5.41) is 3.34. The van der Waals surface area contributed by atoms with Crippen molar-refractivity contribution in [1.82, 2.24) is 9.97 Å². The van der Waals surface area contributed by atoms with Crippen LogP contribution in [0.25, 0.3) is 11.6 Å². The lowest BCUT2D eigenvalue weighted by atomic mass is 9.92. The van der Waals surface area contributed by atoms with Crippen LogP contribution >= 0.6 is 31.9 Å². The van der Waals surface area contributed by atoms with Crippen LogP contribution in [0.2, 0.25) is 0 Å². The molecular formula is C15H19Br2N3O. The topological polar surface area (TPSA) is 51.0 Å². The number of nitrogens with one attached hydrogen (secondary N) is 1. The van der Waals surface area contributed by atoms with Gasteiger partial charge in [-0.05, 0) is 44.3 Å². The Morgan fingerprint density at radius 2 is 1.95 bits per heavy atom. The molecule has 0 atom stereocenters. The van der Waals surface area contributed by atoms with Crippen LogP contribution in [0.1, 0.15) is 39.8 Å². The first-order valence-corrected chi connectivity index (χ1v) is 8.48. The molecule has 0 radical (unpaired) electrons. The molecule has 0 saturated carbocycles. The second kappa shape index (κ2) is 6.48. The van der Waals surface area contributed by atoms with Gasteiger partial charge in [0.05, 0.1) is 20.9 Å². The number of halogens is 2. The molecule has 21 heavy (non-hydrogen) atoms. The lowest BCUT2D eigenvalue weighted by molar-refractivity contribution is 0.554. The van der Waals surface area contributed by atoms with Crippen molar-refractivity contribution in [1.29, 1.82) is 0 Å². The molecule has 0 fully saturated rings. The summed E-state index contributed by atoms with van der Waals surface area (Å²) >= 11 is 7.10. The van der Waals surface area contributed by atoms with Crippen LogP contribution in [0.3, 0.4) is 0 Å². The first kappa shape index (κ1) is 16.5. The van der Waals surface area contributed by atoms with Crippen molar-refractivity contribution in [3.8, 4) is 11.6 Å². The molecule has 114 valence electrons. The zero-order chi connectivity index (χ0) is 15.6. The van der Waals surface area contributed by atoms with Crippen molar-refractivity contribution in [3.05, 3.63) is 27.0 Å². The third kappa shape index (κ3) is 3.66. The van der Waals surface area contributed by atoms with Crippen LogP contribution in [0.15, 0.2) is 25.7 Å². The van der Waals surface area contributed by atoms with E-state index in [0.29, 0.717) is 11.6 Å². The van der Waals surface area contributed by atoms with Gasteiger partial charge < -0.3 is 9.73 Å². The van der Waals surface area contributed by atoms with E-state index < -0.39 is 0 Å². The van der Waals surface area contributed by atoms with Gasteiger partial charge in [0.25, 0.3) is 0 Å². The number of rotatable bonds is 4. The average Bonchev–Trinajstić information content (AvgIpc) is 2.82. The van der Waals surface area contributed by atoms with E-state index >= 15 is 0 Å². The van der Waals surface area contributed by atoms with Crippen molar-refractivity contribution in [3.63, 3.8) is 0 Å². The Labute approximate surface area is 142 Å². The van der Waals surface area contributed by atoms with E-state index in [0.717, 1.165) is 33.4 Å². The van der Waals surface area contributed by atoms with E-state index in [4.69, 9.17) is 9.40 Å². The number of furan rings is 1. The van der Waals surface area contributed by atoms with Crippen molar-refractivity contribution in [2.75, 3.05) is 11.9 Å². The molecule has 0 spiro atoms. The highest BCUT2D eigenvalue weighted by Crippen LogP contribution is 2.36. The Morgan fingerprint density at radius 1 is 1.24 bits per heavy atom. The van der Waals surface area contributed by atoms with Crippen LogP contribution in [0.4, 0.5) is 5.82 Å². The number of hydrogen-bond acceptors (Lipinski definition) is 4. The fourth-order valence-corrected chi connectivity index (χ4v) is 3.15. The largest absolute Gasteiger partial charge is 0.460 e. The lowest BCUT2D eigenvalue weighted by Gasteiger charge is -2.21. The average molecular weight is 417 g/mol. The maximum Gasteiger partial charge on any atom is 0.199 e. The van der Waals surface area contributed by atoms with Gasteiger partial charge in [-0.25, -0.2) is 9.97 Å². The number of anilines is 1. The molecule has 2 aromatic heterocycles. The smallest absolute Gasteiger partial charge is 0.199 e. The molecule has 0 aliphatic rings. The summed E-state index contributed by atoms with van der Waals surface area (Å²) in [6.07, 6.45) is 2.65. The van der Waals surface area contributed by atoms with Gasteiger partial charge in [-0.15, -0.1) is 0 Å². The van der Waals surface area contributed by atoms with Crippen molar-refractivity contribution in [2.24, 2.45) is 0 Å². The van der Waals surface area contributed by atoms with Gasteiger partial charge in [-0.2, -0.15) is 0 Å². The zero-order valence-electron chi connectivity index (χ0n) is 12.6. The standard InChI is InChI=1S/C15H19Br2N3O/c1-5-7-18-13-10(17)12(15(2,3)4)19-14(20-13)11-9(16)6-8-21-11/h6,8H,5,7H2,1-4H3,(H,18,19,20). The van der Waals surface area contributed by atoms with E-state index in [9.17, 15) is 0 Å². The van der Waals surface area contributed by atoms with Crippen LogP contribution in [0, 0.1) is 0 Å². The molecule has 2 rings (SSSR count). The Kier molecular flexibility index (Phi) is 5.09. The van der Waals surface area contributed by atoms with E-state index in [1.165, 1.54) is 0 Å². The van der Waals surface area contributed by atoms with Crippen LogP contribution in [-0.2, 0) is 5.41 Å². The highest BCUT2D eigenvalue weighted by atomic mass is 79.9. The van der Waals surface area contributed by atoms with Gasteiger partial charge in [0.2, 0.25) is 0 Å². The molecule has 0 saturated heterocycles. The third-order valence-corrected chi connectivity index (χ3v) is 4.30. The summed E-state index contributed by atoms with van der Waals surface area (Å²) in [6.45, 7) is 9.37. The third-order valence-electron chi connectivity index (χ3n) is 2.92. The second-order valence-electron chi connectivity index (χ2n) is 5.83. The Bertz CT molecular complexity index is 632. The highest BCUT2D eigenvalue weighted by molar-refractivity contribution is 9.11. The molecule has 0 aliphatic heterocycles. The molecule has 4 nitrogen and oxygen atoms in total.